The second kappa shape index (κ2) is 13.7. The standard InChI is InChI=1S/C22H30N4O4.HI/c1-5-23-22(24-15-18-10-8-9-11-19(18)26(27)28)25-16(4)17-12-13-20(29-6-2)21(14-17)30-7-3;/h8-14,16H,5-7,15H2,1-4H3,(H2,23,24,25);1H. The van der Waals surface area contributed by atoms with Gasteiger partial charge in [0.25, 0.3) is 5.69 Å². The van der Waals surface area contributed by atoms with Crippen molar-refractivity contribution in [3.63, 3.8) is 0 Å². The lowest BCUT2D eigenvalue weighted by molar-refractivity contribution is -0.385. The van der Waals surface area contributed by atoms with Crippen molar-refractivity contribution in [2.45, 2.75) is 40.3 Å². The number of guanidine groups is 1. The third kappa shape index (κ3) is 7.89. The summed E-state index contributed by atoms with van der Waals surface area (Å²) in [7, 11) is 0. The van der Waals surface area contributed by atoms with Crippen LogP contribution in [-0.2, 0) is 6.54 Å². The van der Waals surface area contributed by atoms with Crippen LogP contribution in [0.5, 0.6) is 11.5 Å². The fraction of sp³-hybridized carbons (Fsp3) is 0.409. The van der Waals surface area contributed by atoms with Crippen molar-refractivity contribution >= 4 is 35.6 Å². The molecule has 0 saturated carbocycles. The zero-order valence-corrected chi connectivity index (χ0v) is 20.7. The van der Waals surface area contributed by atoms with E-state index in [1.165, 1.54) is 6.07 Å². The maximum atomic E-state index is 11.2. The van der Waals surface area contributed by atoms with E-state index in [1.807, 2.05) is 45.9 Å². The SMILES string of the molecule is CCNC(=NCc1ccccc1[N+](=O)[O-])NC(C)c1ccc(OCC)c(OCC)c1.I. The molecular weight excluding hydrogens is 511 g/mol. The molecule has 0 spiro atoms. The van der Waals surface area contributed by atoms with E-state index in [2.05, 4.69) is 15.6 Å². The first-order chi connectivity index (χ1) is 14.5. The molecule has 9 heteroatoms. The molecule has 2 N–H and O–H groups in total. The number of benzene rings is 2. The van der Waals surface area contributed by atoms with Crippen LogP contribution in [0.2, 0.25) is 0 Å². The normalized spacial score (nSPS) is 11.8. The fourth-order valence-electron chi connectivity index (χ4n) is 2.93. The number of nitro groups is 1. The largest absolute Gasteiger partial charge is 0.490 e. The van der Waals surface area contributed by atoms with Crippen LogP contribution >= 0.6 is 24.0 Å². The molecule has 0 radical (unpaired) electrons. The van der Waals surface area contributed by atoms with Crippen molar-refractivity contribution in [1.29, 1.82) is 0 Å². The minimum absolute atomic E-state index is 0. The fourth-order valence-corrected chi connectivity index (χ4v) is 2.93. The summed E-state index contributed by atoms with van der Waals surface area (Å²) in [6.45, 7) is 9.84. The lowest BCUT2D eigenvalue weighted by Crippen LogP contribution is -2.38. The number of nitrogens with one attached hydrogen (secondary N) is 2. The van der Waals surface area contributed by atoms with Gasteiger partial charge < -0.3 is 20.1 Å². The summed E-state index contributed by atoms with van der Waals surface area (Å²) in [6.07, 6.45) is 0. The number of nitro benzene ring substituents is 1. The van der Waals surface area contributed by atoms with Gasteiger partial charge in [-0.3, -0.25) is 10.1 Å². The highest BCUT2D eigenvalue weighted by Gasteiger charge is 2.14. The Morgan fingerprint density at radius 2 is 1.77 bits per heavy atom. The van der Waals surface area contributed by atoms with Gasteiger partial charge in [-0.2, -0.15) is 0 Å². The highest BCUT2D eigenvalue weighted by Crippen LogP contribution is 2.30. The summed E-state index contributed by atoms with van der Waals surface area (Å²) in [5, 5.41) is 17.8. The van der Waals surface area contributed by atoms with Crippen molar-refractivity contribution in [2.75, 3.05) is 19.8 Å². The smallest absolute Gasteiger partial charge is 0.274 e. The molecule has 0 saturated heterocycles. The summed E-state index contributed by atoms with van der Waals surface area (Å²) in [6, 6.07) is 12.4. The Labute approximate surface area is 200 Å². The lowest BCUT2D eigenvalue weighted by Gasteiger charge is -2.20. The van der Waals surface area contributed by atoms with E-state index in [1.54, 1.807) is 18.2 Å². The molecule has 0 aliphatic carbocycles. The summed E-state index contributed by atoms with van der Waals surface area (Å²) in [4.78, 5) is 15.4. The number of hydrogen-bond donors (Lipinski definition) is 2. The van der Waals surface area contributed by atoms with Crippen LogP contribution < -0.4 is 20.1 Å². The van der Waals surface area contributed by atoms with E-state index in [4.69, 9.17) is 9.47 Å². The van der Waals surface area contributed by atoms with Crippen LogP contribution in [-0.4, -0.2) is 30.6 Å². The number of rotatable bonds is 10. The van der Waals surface area contributed by atoms with Crippen molar-refractivity contribution in [3.05, 3.63) is 63.7 Å². The average Bonchev–Trinajstić information content (AvgIpc) is 2.73. The van der Waals surface area contributed by atoms with Crippen LogP contribution in [0.25, 0.3) is 0 Å². The molecule has 0 fully saturated rings. The Kier molecular flexibility index (Phi) is 11.7. The second-order valence-electron chi connectivity index (χ2n) is 6.52. The van der Waals surface area contributed by atoms with Gasteiger partial charge in [0.1, 0.15) is 0 Å². The quantitative estimate of drug-likeness (QED) is 0.147. The van der Waals surface area contributed by atoms with Crippen molar-refractivity contribution < 1.29 is 14.4 Å². The molecule has 0 heterocycles. The summed E-state index contributed by atoms with van der Waals surface area (Å²) < 4.78 is 11.3. The highest BCUT2D eigenvalue weighted by molar-refractivity contribution is 14.0. The van der Waals surface area contributed by atoms with E-state index in [0.717, 1.165) is 5.56 Å². The molecule has 1 atom stereocenters. The molecule has 8 nitrogen and oxygen atoms in total. The third-order valence-electron chi connectivity index (χ3n) is 4.36. The number of halogens is 1. The Morgan fingerprint density at radius 1 is 1.10 bits per heavy atom. The molecule has 31 heavy (non-hydrogen) atoms. The topological polar surface area (TPSA) is 98.0 Å². The number of nitrogens with zero attached hydrogens (tertiary/aromatic N) is 2. The van der Waals surface area contributed by atoms with Crippen molar-refractivity contribution in [3.8, 4) is 11.5 Å². The van der Waals surface area contributed by atoms with Crippen molar-refractivity contribution in [2.24, 2.45) is 4.99 Å². The average molecular weight is 542 g/mol. The minimum Gasteiger partial charge on any atom is -0.490 e. The Hall–Kier alpha value is -2.56. The van der Waals surface area contributed by atoms with Gasteiger partial charge in [0.05, 0.1) is 36.3 Å². The van der Waals surface area contributed by atoms with E-state index in [-0.39, 0.29) is 47.2 Å². The Bertz CT molecular complexity index is 876. The Morgan fingerprint density at radius 3 is 2.42 bits per heavy atom. The van der Waals surface area contributed by atoms with Crippen molar-refractivity contribution in [1.82, 2.24) is 10.6 Å². The number of aliphatic imine (C=N–C) groups is 1. The van der Waals surface area contributed by atoms with Gasteiger partial charge in [0.15, 0.2) is 17.5 Å². The van der Waals surface area contributed by atoms with Crippen LogP contribution in [0, 0.1) is 10.1 Å². The number of hydrogen-bond acceptors (Lipinski definition) is 5. The summed E-state index contributed by atoms with van der Waals surface area (Å²) in [5.74, 6) is 2.00. The molecular formula is C22H31IN4O4. The zero-order valence-electron chi connectivity index (χ0n) is 18.4. The first-order valence-corrected chi connectivity index (χ1v) is 10.2. The molecule has 0 amide bonds. The molecule has 0 aromatic heterocycles. The minimum atomic E-state index is -0.386. The van der Waals surface area contributed by atoms with Gasteiger partial charge in [-0.25, -0.2) is 4.99 Å². The van der Waals surface area contributed by atoms with E-state index >= 15 is 0 Å². The number of ether oxygens (including phenoxy) is 2. The highest BCUT2D eigenvalue weighted by atomic mass is 127. The van der Waals surface area contributed by atoms with E-state index < -0.39 is 0 Å². The molecule has 1 unspecified atom stereocenters. The maximum Gasteiger partial charge on any atom is 0.274 e. The Balaban J connectivity index is 0.00000480. The molecule has 170 valence electrons. The number of para-hydroxylation sites is 1. The van der Waals surface area contributed by atoms with Crippen LogP contribution in [0.1, 0.15) is 44.9 Å². The summed E-state index contributed by atoms with van der Waals surface area (Å²) >= 11 is 0. The molecule has 0 aliphatic rings. The first kappa shape index (κ1) is 26.5. The lowest BCUT2D eigenvalue weighted by atomic mass is 10.1. The first-order valence-electron chi connectivity index (χ1n) is 10.2. The van der Waals surface area contributed by atoms with Gasteiger partial charge >= 0.3 is 0 Å². The van der Waals surface area contributed by atoms with Gasteiger partial charge in [-0.05, 0) is 45.4 Å². The molecule has 2 aromatic carbocycles. The van der Waals surface area contributed by atoms with Crippen LogP contribution in [0.4, 0.5) is 5.69 Å². The predicted molar refractivity (Wildman–Crippen MR) is 134 cm³/mol. The molecule has 2 aromatic rings. The summed E-state index contributed by atoms with van der Waals surface area (Å²) in [5.41, 5.74) is 1.64. The van der Waals surface area contributed by atoms with E-state index in [0.29, 0.717) is 42.8 Å². The second-order valence-corrected chi connectivity index (χ2v) is 6.52. The zero-order chi connectivity index (χ0) is 21.9. The third-order valence-corrected chi connectivity index (χ3v) is 4.36. The van der Waals surface area contributed by atoms with Gasteiger partial charge in [0, 0.05) is 12.6 Å². The van der Waals surface area contributed by atoms with Crippen LogP contribution in [0.15, 0.2) is 47.5 Å². The molecule has 0 bridgehead atoms. The molecule has 0 aliphatic heterocycles. The monoisotopic (exact) mass is 542 g/mol. The predicted octanol–water partition coefficient (Wildman–Crippen LogP) is 4.83. The maximum absolute atomic E-state index is 11.2. The van der Waals surface area contributed by atoms with Gasteiger partial charge in [-0.15, -0.1) is 24.0 Å². The van der Waals surface area contributed by atoms with E-state index in [9.17, 15) is 10.1 Å². The van der Waals surface area contributed by atoms with Gasteiger partial charge in [0.2, 0.25) is 0 Å². The van der Waals surface area contributed by atoms with Crippen LogP contribution in [0.3, 0.4) is 0 Å². The molecule has 2 rings (SSSR count). The van der Waals surface area contributed by atoms with Gasteiger partial charge in [-0.1, -0.05) is 24.3 Å².